The van der Waals surface area contributed by atoms with E-state index in [0.717, 1.165) is 6.07 Å². The molecular formula is C25H29N5O7S. The lowest BCUT2D eigenvalue weighted by Gasteiger charge is -2.26. The largest absolute Gasteiger partial charge is 0.437 e. The van der Waals surface area contributed by atoms with Crippen molar-refractivity contribution in [3.63, 3.8) is 0 Å². The number of carbonyl (C=O) groups excluding carboxylic acids is 1. The molecule has 1 aliphatic heterocycles. The van der Waals surface area contributed by atoms with Gasteiger partial charge in [-0.05, 0) is 31.0 Å². The minimum atomic E-state index is -4.17. The highest BCUT2D eigenvalue weighted by atomic mass is 32.2. The molecule has 3 aromatic rings. The molecular weight excluding hydrogens is 514 g/mol. The summed E-state index contributed by atoms with van der Waals surface area (Å²) >= 11 is 0. The van der Waals surface area contributed by atoms with Crippen LogP contribution in [-0.2, 0) is 14.8 Å². The van der Waals surface area contributed by atoms with Gasteiger partial charge < -0.3 is 14.8 Å². The molecule has 2 aromatic carbocycles. The maximum atomic E-state index is 13.6. The molecule has 1 aliphatic rings. The van der Waals surface area contributed by atoms with Gasteiger partial charge in [-0.1, -0.05) is 32.0 Å². The molecule has 1 amide bonds. The van der Waals surface area contributed by atoms with Crippen LogP contribution in [0, 0.1) is 23.0 Å². The van der Waals surface area contributed by atoms with Crippen molar-refractivity contribution in [3.05, 3.63) is 69.9 Å². The van der Waals surface area contributed by atoms with E-state index >= 15 is 0 Å². The molecule has 1 saturated heterocycles. The summed E-state index contributed by atoms with van der Waals surface area (Å²) in [5.74, 6) is -0.200. The predicted molar refractivity (Wildman–Crippen MR) is 138 cm³/mol. The molecule has 1 fully saturated rings. The van der Waals surface area contributed by atoms with Crippen LogP contribution in [0.2, 0.25) is 0 Å². The number of amides is 1. The second kappa shape index (κ2) is 11.3. The Hall–Kier alpha value is -3.81. The van der Waals surface area contributed by atoms with Crippen LogP contribution in [0.4, 0.5) is 5.69 Å². The molecule has 12 nitrogen and oxygen atoms in total. The second-order valence-electron chi connectivity index (χ2n) is 9.14. The van der Waals surface area contributed by atoms with Gasteiger partial charge in [0.05, 0.1) is 23.8 Å². The Kier molecular flexibility index (Phi) is 8.09. The number of nitrogens with zero attached hydrogens (tertiary/aromatic N) is 4. The number of ether oxygens (including phenoxy) is 2. The topological polar surface area (TPSA) is 146 Å². The number of carbonyl (C=O) groups is 1. The number of benzene rings is 2. The summed E-state index contributed by atoms with van der Waals surface area (Å²) in [6.07, 6.45) is 0. The van der Waals surface area contributed by atoms with Gasteiger partial charge in [-0.2, -0.15) is 14.1 Å². The fraction of sp³-hybridized carbons (Fsp3) is 0.360. The molecule has 0 saturated carbocycles. The minimum absolute atomic E-state index is 0.103. The number of hydrogen-bond donors (Lipinski definition) is 1. The number of nitro groups is 1. The third kappa shape index (κ3) is 5.69. The number of rotatable bonds is 9. The predicted octanol–water partition coefficient (Wildman–Crippen LogP) is 3.29. The zero-order chi connectivity index (χ0) is 27.4. The average molecular weight is 544 g/mol. The first-order valence-electron chi connectivity index (χ1n) is 12.1. The molecule has 0 bridgehead atoms. The summed E-state index contributed by atoms with van der Waals surface area (Å²) in [6.45, 7) is 6.64. The maximum Gasteiger partial charge on any atom is 0.272 e. The first-order valence-corrected chi connectivity index (χ1v) is 13.5. The van der Waals surface area contributed by atoms with Crippen molar-refractivity contribution in [1.82, 2.24) is 19.4 Å². The highest BCUT2D eigenvalue weighted by Crippen LogP contribution is 2.37. The second-order valence-corrected chi connectivity index (χ2v) is 11.0. The maximum absolute atomic E-state index is 13.6. The van der Waals surface area contributed by atoms with E-state index < -0.39 is 26.5 Å². The Labute approximate surface area is 220 Å². The van der Waals surface area contributed by atoms with Crippen molar-refractivity contribution in [3.8, 4) is 17.3 Å². The van der Waals surface area contributed by atoms with Crippen LogP contribution in [0.5, 0.6) is 11.6 Å². The summed E-state index contributed by atoms with van der Waals surface area (Å²) < 4.78 is 41.1. The van der Waals surface area contributed by atoms with E-state index in [1.807, 2.05) is 19.9 Å². The first kappa shape index (κ1) is 27.2. The summed E-state index contributed by atoms with van der Waals surface area (Å²) in [7, 11) is -4.17. The third-order valence-electron chi connectivity index (χ3n) is 5.89. The van der Waals surface area contributed by atoms with E-state index in [-0.39, 0.29) is 54.4 Å². The van der Waals surface area contributed by atoms with Gasteiger partial charge in [0.15, 0.2) is 5.69 Å². The molecule has 0 spiro atoms. The van der Waals surface area contributed by atoms with E-state index in [9.17, 15) is 23.3 Å². The third-order valence-corrected chi connectivity index (χ3v) is 7.81. The molecule has 38 heavy (non-hydrogen) atoms. The molecule has 202 valence electrons. The minimum Gasteiger partial charge on any atom is -0.437 e. The van der Waals surface area contributed by atoms with Gasteiger partial charge in [-0.15, -0.1) is 0 Å². The fourth-order valence-corrected chi connectivity index (χ4v) is 5.41. The van der Waals surface area contributed by atoms with Crippen molar-refractivity contribution in [1.29, 1.82) is 0 Å². The Morgan fingerprint density at radius 2 is 1.87 bits per heavy atom. The standard InChI is InChI=1S/C25H29N5O7S/c1-17(2)16-26-24(31)23-18(3)25(29(27-23)19-7-5-4-6-8-19)37-21-10-9-20(30(32)33)15-22(21)38(34,35)28-11-13-36-14-12-28/h4-10,15,17H,11-14,16H2,1-3H3,(H,26,31). The lowest BCUT2D eigenvalue weighted by molar-refractivity contribution is -0.385. The first-order chi connectivity index (χ1) is 18.1. The Balaban J connectivity index is 1.83. The molecule has 0 aliphatic carbocycles. The van der Waals surface area contributed by atoms with Crippen molar-refractivity contribution < 1.29 is 27.6 Å². The van der Waals surface area contributed by atoms with Crippen molar-refractivity contribution in [2.45, 2.75) is 25.7 Å². The summed E-state index contributed by atoms with van der Waals surface area (Å²) in [5, 5.41) is 18.8. The molecule has 0 radical (unpaired) electrons. The number of aromatic nitrogens is 2. The van der Waals surface area contributed by atoms with Crippen LogP contribution < -0.4 is 10.1 Å². The number of para-hydroxylation sites is 1. The van der Waals surface area contributed by atoms with Crippen LogP contribution >= 0.6 is 0 Å². The van der Waals surface area contributed by atoms with Gasteiger partial charge in [0.25, 0.3) is 11.6 Å². The van der Waals surface area contributed by atoms with Crippen molar-refractivity contribution >= 4 is 21.6 Å². The quantitative estimate of drug-likeness (QED) is 0.320. The number of morpholine rings is 1. The number of nitro benzene ring substituents is 1. The molecule has 1 aromatic heterocycles. The lowest BCUT2D eigenvalue weighted by Crippen LogP contribution is -2.40. The van der Waals surface area contributed by atoms with Crippen molar-refractivity contribution in [2.75, 3.05) is 32.8 Å². The van der Waals surface area contributed by atoms with E-state index in [1.54, 1.807) is 31.2 Å². The zero-order valence-electron chi connectivity index (χ0n) is 21.3. The Morgan fingerprint density at radius 1 is 1.18 bits per heavy atom. The monoisotopic (exact) mass is 543 g/mol. The highest BCUT2D eigenvalue weighted by molar-refractivity contribution is 7.89. The van der Waals surface area contributed by atoms with E-state index in [0.29, 0.717) is 17.8 Å². The molecule has 0 unspecified atom stereocenters. The fourth-order valence-electron chi connectivity index (χ4n) is 3.87. The molecule has 4 rings (SSSR count). The van der Waals surface area contributed by atoms with Crippen molar-refractivity contribution in [2.24, 2.45) is 5.92 Å². The van der Waals surface area contributed by atoms with Gasteiger partial charge in [0, 0.05) is 37.3 Å². The number of nitrogens with one attached hydrogen (secondary N) is 1. The van der Waals surface area contributed by atoms with Gasteiger partial charge in [-0.3, -0.25) is 14.9 Å². The molecule has 0 atom stereocenters. The van der Waals surface area contributed by atoms with Gasteiger partial charge >= 0.3 is 0 Å². The summed E-state index contributed by atoms with van der Waals surface area (Å²) in [5.41, 5.74) is 0.673. The van der Waals surface area contributed by atoms with Crippen LogP contribution in [0.15, 0.2) is 53.4 Å². The van der Waals surface area contributed by atoms with Crippen LogP contribution in [0.25, 0.3) is 5.69 Å². The number of sulfonamides is 1. The van der Waals surface area contributed by atoms with Gasteiger partial charge in [0.2, 0.25) is 15.9 Å². The lowest BCUT2D eigenvalue weighted by atomic mass is 10.2. The zero-order valence-corrected chi connectivity index (χ0v) is 22.1. The summed E-state index contributed by atoms with van der Waals surface area (Å²) in [4.78, 5) is 23.4. The normalized spacial score (nSPS) is 14.4. The van der Waals surface area contributed by atoms with Gasteiger partial charge in [0.1, 0.15) is 10.6 Å². The Bertz CT molecular complexity index is 1430. The van der Waals surface area contributed by atoms with E-state index in [2.05, 4.69) is 10.4 Å². The Morgan fingerprint density at radius 3 is 2.50 bits per heavy atom. The van der Waals surface area contributed by atoms with E-state index in [4.69, 9.17) is 9.47 Å². The SMILES string of the molecule is Cc1c(C(=O)NCC(C)C)nn(-c2ccccc2)c1Oc1ccc([N+](=O)[O-])cc1S(=O)(=O)N1CCOCC1. The molecule has 2 heterocycles. The van der Waals surface area contributed by atoms with Crippen LogP contribution in [-0.4, -0.2) is 66.2 Å². The van der Waals surface area contributed by atoms with Gasteiger partial charge in [-0.25, -0.2) is 8.42 Å². The summed E-state index contributed by atoms with van der Waals surface area (Å²) in [6, 6.07) is 12.3. The van der Waals surface area contributed by atoms with Crippen LogP contribution in [0.3, 0.4) is 0 Å². The van der Waals surface area contributed by atoms with Crippen LogP contribution in [0.1, 0.15) is 29.9 Å². The molecule has 1 N–H and O–H groups in total. The molecule has 13 heteroatoms. The smallest absolute Gasteiger partial charge is 0.272 e. The average Bonchev–Trinajstić information content (AvgIpc) is 3.24. The number of hydrogen-bond acceptors (Lipinski definition) is 8. The number of non-ortho nitro benzene ring substituents is 1. The highest BCUT2D eigenvalue weighted by Gasteiger charge is 2.32. The van der Waals surface area contributed by atoms with E-state index in [1.165, 1.54) is 21.1 Å².